The summed E-state index contributed by atoms with van der Waals surface area (Å²) < 4.78 is 16.1. The van der Waals surface area contributed by atoms with E-state index in [0.717, 1.165) is 5.56 Å². The van der Waals surface area contributed by atoms with Gasteiger partial charge in [-0.1, -0.05) is 6.07 Å². The highest BCUT2D eigenvalue weighted by molar-refractivity contribution is 5.82. The van der Waals surface area contributed by atoms with Crippen molar-refractivity contribution in [3.8, 4) is 11.5 Å². The number of aromatic nitrogens is 2. The summed E-state index contributed by atoms with van der Waals surface area (Å²) in [6, 6.07) is 6.92. The third kappa shape index (κ3) is 5.09. The van der Waals surface area contributed by atoms with Crippen molar-refractivity contribution in [1.82, 2.24) is 15.3 Å². The Balaban J connectivity index is 1.45. The zero-order valence-electron chi connectivity index (χ0n) is 15.8. The topological polar surface area (TPSA) is 103 Å². The number of carbonyl (C=O) groups excluding carboxylic acids is 2. The molecule has 2 aromatic rings. The maximum absolute atomic E-state index is 12.1. The summed E-state index contributed by atoms with van der Waals surface area (Å²) in [5.74, 6) is 0.805. The van der Waals surface area contributed by atoms with Gasteiger partial charge >= 0.3 is 5.97 Å². The second-order valence-electron chi connectivity index (χ2n) is 6.26. The first-order valence-corrected chi connectivity index (χ1v) is 8.85. The summed E-state index contributed by atoms with van der Waals surface area (Å²) in [6.07, 6.45) is 3.16. The van der Waals surface area contributed by atoms with Gasteiger partial charge in [0.1, 0.15) is 19.8 Å². The fourth-order valence-electron chi connectivity index (χ4n) is 2.64. The van der Waals surface area contributed by atoms with Gasteiger partial charge in [-0.3, -0.25) is 9.59 Å². The van der Waals surface area contributed by atoms with E-state index in [2.05, 4.69) is 15.3 Å². The molecule has 28 heavy (non-hydrogen) atoms. The number of hydrogen-bond donors (Lipinski definition) is 1. The van der Waals surface area contributed by atoms with E-state index < -0.39 is 11.9 Å². The van der Waals surface area contributed by atoms with Crippen LogP contribution in [0.1, 0.15) is 18.5 Å². The van der Waals surface area contributed by atoms with Crippen LogP contribution in [0.5, 0.6) is 11.5 Å². The number of hydrogen-bond acceptors (Lipinski definition) is 8. The normalized spacial score (nSPS) is 13.4. The van der Waals surface area contributed by atoms with Crippen LogP contribution in [0.2, 0.25) is 0 Å². The Morgan fingerprint density at radius 3 is 2.68 bits per heavy atom. The van der Waals surface area contributed by atoms with E-state index in [9.17, 15) is 9.59 Å². The van der Waals surface area contributed by atoms with Crippen LogP contribution in [0.15, 0.2) is 36.7 Å². The maximum atomic E-state index is 12.1. The molecule has 0 spiro atoms. The van der Waals surface area contributed by atoms with Crippen molar-refractivity contribution in [3.63, 3.8) is 0 Å². The average molecular weight is 386 g/mol. The molecule has 0 saturated heterocycles. The molecule has 0 bridgehead atoms. The Labute approximate surface area is 162 Å². The van der Waals surface area contributed by atoms with Gasteiger partial charge in [-0.2, -0.15) is 0 Å². The predicted octanol–water partition coefficient (Wildman–Crippen LogP) is 1.10. The number of ether oxygens (including phenoxy) is 3. The zero-order valence-corrected chi connectivity index (χ0v) is 15.8. The molecule has 1 aliphatic heterocycles. The number of fused-ring (bicyclic) bond motifs is 1. The second kappa shape index (κ2) is 9.03. The predicted molar refractivity (Wildman–Crippen MR) is 100 cm³/mol. The fraction of sp³-hybridized carbons (Fsp3) is 0.368. The number of nitrogens with one attached hydrogen (secondary N) is 1. The summed E-state index contributed by atoms with van der Waals surface area (Å²) in [5, 5.41) is 2.79. The van der Waals surface area contributed by atoms with Gasteiger partial charge in [-0.15, -0.1) is 0 Å². The van der Waals surface area contributed by atoms with E-state index in [4.69, 9.17) is 14.2 Å². The fourth-order valence-corrected chi connectivity index (χ4v) is 2.64. The molecule has 1 N–H and O–H groups in total. The standard InChI is InChI=1S/C19H22N4O5/c1-13(14-4-5-15-16(10-14)27-9-8-26-15)22-17(24)12-28-18(25)11-23(2)19-20-6-3-7-21-19/h3-7,10,13H,8-9,11-12H2,1-2H3,(H,22,24). The summed E-state index contributed by atoms with van der Waals surface area (Å²) in [6.45, 7) is 2.43. The third-order valence-electron chi connectivity index (χ3n) is 4.07. The lowest BCUT2D eigenvalue weighted by molar-refractivity contribution is -0.147. The molecule has 1 aliphatic rings. The summed E-state index contributed by atoms with van der Waals surface area (Å²) >= 11 is 0. The Kier molecular flexibility index (Phi) is 6.25. The Morgan fingerprint density at radius 2 is 1.93 bits per heavy atom. The minimum Gasteiger partial charge on any atom is -0.486 e. The van der Waals surface area contributed by atoms with Crippen LogP contribution in [-0.2, 0) is 14.3 Å². The van der Waals surface area contributed by atoms with Gasteiger partial charge in [0, 0.05) is 19.4 Å². The lowest BCUT2D eigenvalue weighted by atomic mass is 10.1. The highest BCUT2D eigenvalue weighted by Crippen LogP contribution is 2.32. The van der Waals surface area contributed by atoms with Gasteiger partial charge in [0.05, 0.1) is 6.04 Å². The van der Waals surface area contributed by atoms with Crippen molar-refractivity contribution in [2.75, 3.05) is 38.3 Å². The highest BCUT2D eigenvalue weighted by atomic mass is 16.6. The van der Waals surface area contributed by atoms with E-state index in [-0.39, 0.29) is 19.2 Å². The van der Waals surface area contributed by atoms with E-state index in [1.165, 1.54) is 4.90 Å². The molecule has 0 radical (unpaired) electrons. The van der Waals surface area contributed by atoms with Gasteiger partial charge < -0.3 is 24.4 Å². The molecule has 2 heterocycles. The van der Waals surface area contributed by atoms with Crippen LogP contribution in [-0.4, -0.2) is 55.3 Å². The quantitative estimate of drug-likeness (QED) is 0.706. The SMILES string of the molecule is CC(NC(=O)COC(=O)CN(C)c1ncccn1)c1ccc2c(c1)OCCO2. The number of anilines is 1. The van der Waals surface area contributed by atoms with E-state index in [1.54, 1.807) is 25.5 Å². The molecule has 0 saturated carbocycles. The smallest absolute Gasteiger partial charge is 0.326 e. The van der Waals surface area contributed by atoms with Crippen molar-refractivity contribution >= 4 is 17.8 Å². The number of nitrogens with zero attached hydrogens (tertiary/aromatic N) is 3. The van der Waals surface area contributed by atoms with Crippen LogP contribution in [0.25, 0.3) is 0 Å². The van der Waals surface area contributed by atoms with Crippen molar-refractivity contribution in [1.29, 1.82) is 0 Å². The Morgan fingerprint density at radius 1 is 1.21 bits per heavy atom. The molecule has 1 unspecified atom stereocenters. The zero-order chi connectivity index (χ0) is 19.9. The van der Waals surface area contributed by atoms with Gasteiger partial charge in [-0.25, -0.2) is 9.97 Å². The molecule has 9 nitrogen and oxygen atoms in total. The second-order valence-corrected chi connectivity index (χ2v) is 6.26. The van der Waals surface area contributed by atoms with Crippen LogP contribution >= 0.6 is 0 Å². The van der Waals surface area contributed by atoms with Crippen LogP contribution in [0, 0.1) is 0 Å². The number of likely N-dealkylation sites (N-methyl/N-ethyl adjacent to an activating group) is 1. The molecule has 1 atom stereocenters. The van der Waals surface area contributed by atoms with Gasteiger partial charge in [0.15, 0.2) is 18.1 Å². The van der Waals surface area contributed by atoms with Crippen molar-refractivity contribution in [2.24, 2.45) is 0 Å². The molecule has 1 amide bonds. The van der Waals surface area contributed by atoms with Crippen LogP contribution in [0.4, 0.5) is 5.95 Å². The number of amides is 1. The minimum atomic E-state index is -0.544. The number of esters is 1. The number of benzene rings is 1. The number of rotatable bonds is 7. The van der Waals surface area contributed by atoms with Gasteiger partial charge in [0.25, 0.3) is 5.91 Å². The van der Waals surface area contributed by atoms with Crippen molar-refractivity contribution in [2.45, 2.75) is 13.0 Å². The van der Waals surface area contributed by atoms with E-state index >= 15 is 0 Å². The molecule has 9 heteroatoms. The largest absolute Gasteiger partial charge is 0.486 e. The molecule has 3 rings (SSSR count). The summed E-state index contributed by atoms with van der Waals surface area (Å²) in [7, 11) is 1.67. The lowest BCUT2D eigenvalue weighted by Gasteiger charge is -2.21. The van der Waals surface area contributed by atoms with Gasteiger partial charge in [-0.05, 0) is 30.7 Å². The Bertz CT molecular complexity index is 830. The average Bonchev–Trinajstić information content (AvgIpc) is 2.72. The molecule has 148 valence electrons. The van der Waals surface area contributed by atoms with Crippen LogP contribution in [0.3, 0.4) is 0 Å². The summed E-state index contributed by atoms with van der Waals surface area (Å²) in [5.41, 5.74) is 0.866. The molecule has 0 fully saturated rings. The lowest BCUT2D eigenvalue weighted by Crippen LogP contribution is -2.34. The first-order valence-electron chi connectivity index (χ1n) is 8.85. The first-order chi connectivity index (χ1) is 13.5. The summed E-state index contributed by atoms with van der Waals surface area (Å²) in [4.78, 5) is 33.6. The minimum absolute atomic E-state index is 0.0605. The van der Waals surface area contributed by atoms with E-state index in [1.807, 2.05) is 25.1 Å². The van der Waals surface area contributed by atoms with Crippen LogP contribution < -0.4 is 19.7 Å². The van der Waals surface area contributed by atoms with Gasteiger partial charge in [0.2, 0.25) is 5.95 Å². The molecule has 1 aromatic carbocycles. The maximum Gasteiger partial charge on any atom is 0.326 e. The third-order valence-corrected chi connectivity index (χ3v) is 4.07. The number of carbonyl (C=O) groups is 2. The monoisotopic (exact) mass is 386 g/mol. The Hall–Kier alpha value is -3.36. The molecule has 1 aromatic heterocycles. The first kappa shape index (κ1) is 19.4. The van der Waals surface area contributed by atoms with Crippen molar-refractivity contribution in [3.05, 3.63) is 42.2 Å². The molecular weight excluding hydrogens is 364 g/mol. The highest BCUT2D eigenvalue weighted by Gasteiger charge is 2.17. The van der Waals surface area contributed by atoms with E-state index in [0.29, 0.717) is 30.7 Å². The molecular formula is C19H22N4O5. The molecule has 0 aliphatic carbocycles. The van der Waals surface area contributed by atoms with Crippen molar-refractivity contribution < 1.29 is 23.8 Å².